The predicted octanol–water partition coefficient (Wildman–Crippen LogP) is 4.13. The molecule has 0 bridgehead atoms. The molecule has 0 saturated carbocycles. The van der Waals surface area contributed by atoms with Crippen molar-refractivity contribution in [1.29, 1.82) is 0 Å². The molecule has 1 heterocycles. The Bertz CT molecular complexity index is 460. The molecule has 0 fully saturated rings. The predicted molar refractivity (Wildman–Crippen MR) is 78.3 cm³/mol. The number of pyridine rings is 1. The second-order valence-corrected chi connectivity index (χ2v) is 3.62. The normalized spacial score (nSPS) is 10.7. The average molecular weight is 243 g/mol. The maximum atomic E-state index is 11.0. The molecular formula is C16H21NO. The molecule has 2 heteroatoms. The minimum atomic E-state index is 0.557. The van der Waals surface area contributed by atoms with Gasteiger partial charge in [0, 0.05) is 18.0 Å². The largest absolute Gasteiger partial charge is 0.298 e. The fraction of sp³-hybridized carbons (Fsp3) is 0.250. The summed E-state index contributed by atoms with van der Waals surface area (Å²) in [6, 6.07) is 1.88. The number of aldehydes is 1. The Morgan fingerprint density at radius 3 is 2.39 bits per heavy atom. The van der Waals surface area contributed by atoms with E-state index in [2.05, 4.69) is 18.1 Å². The highest BCUT2D eigenvalue weighted by Gasteiger charge is 2.09. The Kier molecular flexibility index (Phi) is 7.29. The van der Waals surface area contributed by atoms with E-state index in [-0.39, 0.29) is 0 Å². The Balaban J connectivity index is 0.00000137. The Hall–Kier alpha value is -1.96. The summed E-state index contributed by atoms with van der Waals surface area (Å²) < 4.78 is 0. The van der Waals surface area contributed by atoms with Crippen molar-refractivity contribution in [2.24, 2.45) is 0 Å². The van der Waals surface area contributed by atoms with Crippen molar-refractivity contribution in [3.05, 3.63) is 60.0 Å². The standard InChI is InChI=1S/C14H15NO.C2H6/c1-5-12(9-16)14(10(2)3)13-6-7-15-8-11(13)4;1-2/h5-9H,1-2H2,3-4H3;1-2H3/b14-12-;. The maximum absolute atomic E-state index is 11.0. The van der Waals surface area contributed by atoms with E-state index in [0.717, 1.165) is 28.6 Å². The first-order valence-electron chi connectivity index (χ1n) is 6.00. The van der Waals surface area contributed by atoms with Crippen LogP contribution in [-0.2, 0) is 4.79 Å². The third kappa shape index (κ3) is 3.81. The molecule has 0 atom stereocenters. The lowest BCUT2D eigenvalue weighted by molar-refractivity contribution is -0.104. The molecule has 0 aliphatic carbocycles. The van der Waals surface area contributed by atoms with Gasteiger partial charge < -0.3 is 0 Å². The Morgan fingerprint density at radius 2 is 2.00 bits per heavy atom. The van der Waals surface area contributed by atoms with Gasteiger partial charge >= 0.3 is 0 Å². The van der Waals surface area contributed by atoms with Gasteiger partial charge in [0.2, 0.25) is 0 Å². The SMILES string of the molecule is C=C/C(C=O)=C(\C(=C)C)c1ccncc1C.CC. The molecule has 1 aromatic rings. The van der Waals surface area contributed by atoms with Crippen LogP contribution in [0.25, 0.3) is 5.57 Å². The number of carbonyl (C=O) groups is 1. The van der Waals surface area contributed by atoms with Gasteiger partial charge in [-0.3, -0.25) is 9.78 Å². The smallest absolute Gasteiger partial charge is 0.150 e. The number of carbonyl (C=O) groups excluding carboxylic acids is 1. The van der Waals surface area contributed by atoms with Crippen LogP contribution in [0.2, 0.25) is 0 Å². The van der Waals surface area contributed by atoms with E-state index in [1.165, 1.54) is 0 Å². The Morgan fingerprint density at radius 1 is 1.39 bits per heavy atom. The number of aryl methyl sites for hydroxylation is 1. The highest BCUT2D eigenvalue weighted by molar-refractivity contribution is 5.96. The molecule has 0 radical (unpaired) electrons. The zero-order valence-electron chi connectivity index (χ0n) is 11.7. The number of nitrogens with zero attached hydrogens (tertiary/aromatic N) is 1. The topological polar surface area (TPSA) is 30.0 Å². The Labute approximate surface area is 110 Å². The van der Waals surface area contributed by atoms with Gasteiger partial charge in [0.1, 0.15) is 0 Å². The lowest BCUT2D eigenvalue weighted by atomic mass is 9.93. The quantitative estimate of drug-likeness (QED) is 0.452. The summed E-state index contributed by atoms with van der Waals surface area (Å²) in [6.45, 7) is 15.4. The van der Waals surface area contributed by atoms with Crippen LogP contribution in [0.1, 0.15) is 31.9 Å². The van der Waals surface area contributed by atoms with E-state index in [1.807, 2.05) is 33.8 Å². The minimum Gasteiger partial charge on any atom is -0.298 e. The highest BCUT2D eigenvalue weighted by Crippen LogP contribution is 2.27. The second kappa shape index (κ2) is 8.18. The van der Waals surface area contributed by atoms with Gasteiger partial charge in [-0.2, -0.15) is 0 Å². The molecule has 96 valence electrons. The fourth-order valence-corrected chi connectivity index (χ4v) is 1.59. The molecule has 2 nitrogen and oxygen atoms in total. The van der Waals surface area contributed by atoms with Crippen molar-refractivity contribution in [2.45, 2.75) is 27.7 Å². The van der Waals surface area contributed by atoms with Crippen molar-refractivity contribution in [2.75, 3.05) is 0 Å². The first kappa shape index (κ1) is 16.0. The van der Waals surface area contributed by atoms with Gasteiger partial charge in [0.15, 0.2) is 6.29 Å². The lowest BCUT2D eigenvalue weighted by Gasteiger charge is -2.11. The molecule has 0 saturated heterocycles. The summed E-state index contributed by atoms with van der Waals surface area (Å²) in [5.74, 6) is 0. The molecule has 0 amide bonds. The van der Waals surface area contributed by atoms with Crippen molar-refractivity contribution < 1.29 is 4.79 Å². The van der Waals surface area contributed by atoms with Gasteiger partial charge in [-0.05, 0) is 42.2 Å². The minimum absolute atomic E-state index is 0.557. The third-order valence-electron chi connectivity index (χ3n) is 2.35. The molecule has 0 unspecified atom stereocenters. The third-order valence-corrected chi connectivity index (χ3v) is 2.35. The molecule has 0 N–H and O–H groups in total. The first-order chi connectivity index (χ1) is 8.61. The summed E-state index contributed by atoms with van der Waals surface area (Å²) >= 11 is 0. The van der Waals surface area contributed by atoms with Crippen LogP contribution in [0.5, 0.6) is 0 Å². The number of allylic oxidation sites excluding steroid dienone is 4. The van der Waals surface area contributed by atoms with Crippen molar-refractivity contribution in [3.63, 3.8) is 0 Å². The monoisotopic (exact) mass is 243 g/mol. The molecule has 1 rings (SSSR count). The zero-order chi connectivity index (χ0) is 14.1. The van der Waals surface area contributed by atoms with Crippen LogP contribution in [0.15, 0.2) is 48.8 Å². The van der Waals surface area contributed by atoms with Gasteiger partial charge in [-0.1, -0.05) is 33.1 Å². The van der Waals surface area contributed by atoms with Crippen LogP contribution < -0.4 is 0 Å². The molecule has 0 aliphatic heterocycles. The van der Waals surface area contributed by atoms with E-state index in [1.54, 1.807) is 18.5 Å². The number of rotatable bonds is 4. The molecule has 0 spiro atoms. The number of hydrogen-bond donors (Lipinski definition) is 0. The summed E-state index contributed by atoms with van der Waals surface area (Å²) in [7, 11) is 0. The fourth-order valence-electron chi connectivity index (χ4n) is 1.59. The van der Waals surface area contributed by atoms with Gasteiger partial charge in [-0.25, -0.2) is 0 Å². The first-order valence-corrected chi connectivity index (χ1v) is 6.00. The van der Waals surface area contributed by atoms with Gasteiger partial charge in [-0.15, -0.1) is 0 Å². The number of aromatic nitrogens is 1. The molecule has 0 aromatic carbocycles. The average Bonchev–Trinajstić information content (AvgIpc) is 2.39. The maximum Gasteiger partial charge on any atom is 0.150 e. The van der Waals surface area contributed by atoms with Crippen LogP contribution in [0.4, 0.5) is 0 Å². The van der Waals surface area contributed by atoms with E-state index in [0.29, 0.717) is 5.57 Å². The van der Waals surface area contributed by atoms with Crippen LogP contribution >= 0.6 is 0 Å². The summed E-state index contributed by atoms with van der Waals surface area (Å²) in [6.07, 6.45) is 5.83. The van der Waals surface area contributed by atoms with Crippen LogP contribution in [0, 0.1) is 6.92 Å². The van der Waals surface area contributed by atoms with E-state index < -0.39 is 0 Å². The van der Waals surface area contributed by atoms with Crippen molar-refractivity contribution >= 4 is 11.9 Å². The lowest BCUT2D eigenvalue weighted by Crippen LogP contribution is -1.96. The van der Waals surface area contributed by atoms with Gasteiger partial charge in [0.25, 0.3) is 0 Å². The van der Waals surface area contributed by atoms with Crippen molar-refractivity contribution in [1.82, 2.24) is 4.98 Å². The molecular weight excluding hydrogens is 222 g/mol. The zero-order valence-corrected chi connectivity index (χ0v) is 11.7. The highest BCUT2D eigenvalue weighted by atomic mass is 16.1. The van der Waals surface area contributed by atoms with Gasteiger partial charge in [0.05, 0.1) is 0 Å². The van der Waals surface area contributed by atoms with Crippen LogP contribution in [-0.4, -0.2) is 11.3 Å². The van der Waals surface area contributed by atoms with Crippen molar-refractivity contribution in [3.8, 4) is 0 Å². The second-order valence-electron chi connectivity index (χ2n) is 3.62. The summed E-state index contributed by atoms with van der Waals surface area (Å²) in [5.41, 5.74) is 4.23. The van der Waals surface area contributed by atoms with E-state index >= 15 is 0 Å². The van der Waals surface area contributed by atoms with Crippen LogP contribution in [0.3, 0.4) is 0 Å². The molecule has 1 aromatic heterocycles. The molecule has 18 heavy (non-hydrogen) atoms. The number of hydrogen-bond acceptors (Lipinski definition) is 2. The summed E-state index contributed by atoms with van der Waals surface area (Å²) in [4.78, 5) is 15.0. The molecule has 0 aliphatic rings. The van der Waals surface area contributed by atoms with E-state index in [4.69, 9.17) is 0 Å². The van der Waals surface area contributed by atoms with E-state index in [9.17, 15) is 4.79 Å². The summed E-state index contributed by atoms with van der Waals surface area (Å²) in [5, 5.41) is 0.